The van der Waals surface area contributed by atoms with E-state index < -0.39 is 0 Å². The van der Waals surface area contributed by atoms with Crippen LogP contribution in [0, 0.1) is 11.3 Å². The lowest BCUT2D eigenvalue weighted by Crippen LogP contribution is -2.28. The number of nitrogens with one attached hydrogen (secondary N) is 2. The van der Waals surface area contributed by atoms with Crippen molar-refractivity contribution in [1.82, 2.24) is 10.9 Å². The Balaban J connectivity index is 2.65. The second-order valence-electron chi connectivity index (χ2n) is 2.32. The predicted molar refractivity (Wildman–Crippen MR) is 42.7 cm³/mol. The molecular formula is C7H8N4O. The average molecular weight is 164 g/mol. The Morgan fingerprint density at radius 1 is 1.75 bits per heavy atom. The lowest BCUT2D eigenvalue weighted by Gasteiger charge is -1.94. The van der Waals surface area contributed by atoms with Crippen LogP contribution < -0.4 is 10.9 Å². The summed E-state index contributed by atoms with van der Waals surface area (Å²) in [6.45, 7) is 1.70. The summed E-state index contributed by atoms with van der Waals surface area (Å²) in [5.41, 5.74) is 5.56. The number of nitriles is 1. The summed E-state index contributed by atoms with van der Waals surface area (Å²) in [4.78, 5) is 14.6. The summed E-state index contributed by atoms with van der Waals surface area (Å²) in [5, 5.41) is 8.26. The molecule has 1 saturated heterocycles. The number of allylic oxidation sites excluding steroid dienone is 2. The maximum atomic E-state index is 10.7. The van der Waals surface area contributed by atoms with E-state index >= 15 is 0 Å². The van der Waals surface area contributed by atoms with Gasteiger partial charge in [-0.2, -0.15) is 5.26 Å². The van der Waals surface area contributed by atoms with Gasteiger partial charge in [-0.3, -0.25) is 15.6 Å². The normalized spacial score (nSPS) is 20.2. The van der Waals surface area contributed by atoms with Crippen molar-refractivity contribution in [2.24, 2.45) is 4.99 Å². The van der Waals surface area contributed by atoms with Gasteiger partial charge >= 0.3 is 0 Å². The Labute approximate surface area is 69.8 Å². The SMILES string of the molecule is C/C(=C/C#N)N=C1CC(=O)NN1. The van der Waals surface area contributed by atoms with Crippen molar-refractivity contribution in [3.8, 4) is 6.07 Å². The maximum absolute atomic E-state index is 10.7. The molecule has 0 aliphatic carbocycles. The first-order chi connectivity index (χ1) is 5.72. The third kappa shape index (κ3) is 2.09. The van der Waals surface area contributed by atoms with Gasteiger partial charge in [0.1, 0.15) is 5.84 Å². The molecule has 0 aromatic rings. The molecule has 0 aromatic carbocycles. The third-order valence-electron chi connectivity index (χ3n) is 1.26. The van der Waals surface area contributed by atoms with Crippen molar-refractivity contribution < 1.29 is 4.79 Å². The van der Waals surface area contributed by atoms with Crippen molar-refractivity contribution in [3.05, 3.63) is 11.8 Å². The number of aliphatic imine (C=N–C) groups is 1. The largest absolute Gasteiger partial charge is 0.285 e. The van der Waals surface area contributed by atoms with Crippen molar-refractivity contribution >= 4 is 11.7 Å². The first kappa shape index (κ1) is 8.27. The minimum Gasteiger partial charge on any atom is -0.285 e. The molecule has 0 bridgehead atoms. The number of carbonyl (C=O) groups excluding carboxylic acids is 1. The Morgan fingerprint density at radius 2 is 2.50 bits per heavy atom. The third-order valence-corrected chi connectivity index (χ3v) is 1.26. The number of carbonyl (C=O) groups is 1. The highest BCUT2D eigenvalue weighted by molar-refractivity contribution is 6.05. The molecule has 1 amide bonds. The molecule has 0 spiro atoms. The molecular weight excluding hydrogens is 156 g/mol. The molecule has 62 valence electrons. The summed E-state index contributed by atoms with van der Waals surface area (Å²) in [5.74, 6) is 0.433. The average Bonchev–Trinajstić information content (AvgIpc) is 2.36. The molecule has 2 N–H and O–H groups in total. The van der Waals surface area contributed by atoms with E-state index in [1.165, 1.54) is 6.08 Å². The number of hydrogen-bond donors (Lipinski definition) is 2. The zero-order chi connectivity index (χ0) is 8.97. The Bertz CT molecular complexity index is 297. The van der Waals surface area contributed by atoms with Gasteiger partial charge in [-0.25, -0.2) is 4.99 Å². The molecule has 1 fully saturated rings. The molecule has 1 aliphatic rings. The van der Waals surface area contributed by atoms with Crippen LogP contribution in [0.4, 0.5) is 0 Å². The molecule has 5 heteroatoms. The lowest BCUT2D eigenvalue weighted by atomic mass is 10.4. The van der Waals surface area contributed by atoms with E-state index in [2.05, 4.69) is 15.8 Å². The van der Waals surface area contributed by atoms with E-state index in [4.69, 9.17) is 5.26 Å². The van der Waals surface area contributed by atoms with Gasteiger partial charge in [0.15, 0.2) is 0 Å². The van der Waals surface area contributed by atoms with Gasteiger partial charge in [-0.05, 0) is 6.92 Å². The lowest BCUT2D eigenvalue weighted by molar-refractivity contribution is -0.119. The first-order valence-corrected chi connectivity index (χ1v) is 3.41. The minimum absolute atomic E-state index is 0.112. The fourth-order valence-electron chi connectivity index (χ4n) is 0.788. The Hall–Kier alpha value is -1.83. The van der Waals surface area contributed by atoms with Crippen LogP contribution in [0.5, 0.6) is 0 Å². The fraction of sp³-hybridized carbons (Fsp3) is 0.286. The highest BCUT2D eigenvalue weighted by Crippen LogP contribution is 1.98. The van der Waals surface area contributed by atoms with E-state index in [0.717, 1.165) is 0 Å². The molecule has 1 aliphatic heterocycles. The van der Waals surface area contributed by atoms with E-state index in [9.17, 15) is 4.79 Å². The maximum Gasteiger partial charge on any atom is 0.245 e. The van der Waals surface area contributed by atoms with Crippen molar-refractivity contribution in [2.45, 2.75) is 13.3 Å². The van der Waals surface area contributed by atoms with Crippen LogP contribution in [0.1, 0.15) is 13.3 Å². The van der Waals surface area contributed by atoms with Gasteiger partial charge in [0.05, 0.1) is 12.5 Å². The molecule has 1 heterocycles. The van der Waals surface area contributed by atoms with E-state index in [-0.39, 0.29) is 12.3 Å². The molecule has 0 saturated carbocycles. The summed E-state index contributed by atoms with van der Waals surface area (Å²) in [7, 11) is 0. The second kappa shape index (κ2) is 3.53. The number of amides is 1. The highest BCUT2D eigenvalue weighted by Gasteiger charge is 2.14. The van der Waals surface area contributed by atoms with Gasteiger partial charge in [-0.1, -0.05) is 0 Å². The van der Waals surface area contributed by atoms with Crippen LogP contribution in [0.3, 0.4) is 0 Å². The van der Waals surface area contributed by atoms with E-state index in [0.29, 0.717) is 11.5 Å². The van der Waals surface area contributed by atoms with Crippen molar-refractivity contribution in [3.63, 3.8) is 0 Å². The van der Waals surface area contributed by atoms with Crippen LogP contribution in [0.2, 0.25) is 0 Å². The van der Waals surface area contributed by atoms with Crippen LogP contribution in [-0.4, -0.2) is 11.7 Å². The summed E-state index contributed by atoms with van der Waals surface area (Å²) < 4.78 is 0. The summed E-state index contributed by atoms with van der Waals surface area (Å²) in [6, 6.07) is 1.85. The Morgan fingerprint density at radius 3 is 3.00 bits per heavy atom. The van der Waals surface area contributed by atoms with Crippen molar-refractivity contribution in [2.75, 3.05) is 0 Å². The van der Waals surface area contributed by atoms with Crippen LogP contribution in [-0.2, 0) is 4.79 Å². The molecule has 0 radical (unpaired) electrons. The minimum atomic E-state index is -0.112. The number of hydrogen-bond acceptors (Lipinski definition) is 3. The Kier molecular flexibility index (Phi) is 2.43. The van der Waals surface area contributed by atoms with Crippen LogP contribution in [0.25, 0.3) is 0 Å². The summed E-state index contributed by atoms with van der Waals surface area (Å²) >= 11 is 0. The van der Waals surface area contributed by atoms with E-state index in [1.54, 1.807) is 6.92 Å². The predicted octanol–water partition coefficient (Wildman–Crippen LogP) is -0.163. The number of nitrogens with zero attached hydrogens (tertiary/aromatic N) is 2. The molecule has 0 atom stereocenters. The topological polar surface area (TPSA) is 77.3 Å². The van der Waals surface area contributed by atoms with Crippen LogP contribution >= 0.6 is 0 Å². The van der Waals surface area contributed by atoms with Gasteiger partial charge < -0.3 is 0 Å². The van der Waals surface area contributed by atoms with Gasteiger partial charge in [0, 0.05) is 11.8 Å². The van der Waals surface area contributed by atoms with Gasteiger partial charge in [0.25, 0.3) is 0 Å². The van der Waals surface area contributed by atoms with Crippen molar-refractivity contribution in [1.29, 1.82) is 5.26 Å². The number of amidine groups is 1. The zero-order valence-electron chi connectivity index (χ0n) is 6.59. The highest BCUT2D eigenvalue weighted by atomic mass is 16.2. The smallest absolute Gasteiger partial charge is 0.245 e. The van der Waals surface area contributed by atoms with Crippen LogP contribution in [0.15, 0.2) is 16.8 Å². The van der Waals surface area contributed by atoms with Gasteiger partial charge in [-0.15, -0.1) is 0 Å². The monoisotopic (exact) mass is 164 g/mol. The second-order valence-corrected chi connectivity index (χ2v) is 2.32. The molecule has 0 unspecified atom stereocenters. The molecule has 1 rings (SSSR count). The standard InChI is InChI=1S/C7H8N4O/c1-5(2-3-8)9-6-4-7(12)11-10-6/h2H,4H2,1H3,(H,9,10)(H,11,12)/b5-2-. The van der Waals surface area contributed by atoms with E-state index in [1.807, 2.05) is 6.07 Å². The fourth-order valence-corrected chi connectivity index (χ4v) is 0.788. The van der Waals surface area contributed by atoms with Gasteiger partial charge in [0.2, 0.25) is 5.91 Å². The zero-order valence-corrected chi connectivity index (χ0v) is 6.59. The summed E-state index contributed by atoms with van der Waals surface area (Å²) in [6.07, 6.45) is 1.56. The molecule has 0 aromatic heterocycles. The first-order valence-electron chi connectivity index (χ1n) is 3.41. The quantitative estimate of drug-likeness (QED) is 0.528. The number of hydrazine groups is 1. The number of rotatable bonds is 1. The molecule has 5 nitrogen and oxygen atoms in total. The molecule has 12 heavy (non-hydrogen) atoms.